The Hall–Kier alpha value is -2.27. The maximum absolute atomic E-state index is 12.9. The molecule has 0 spiro atoms. The predicted molar refractivity (Wildman–Crippen MR) is 92.5 cm³/mol. The van der Waals surface area contributed by atoms with Crippen LogP contribution in [0.25, 0.3) is 0 Å². The molecular weight excluding hydrogens is 328 g/mol. The van der Waals surface area contributed by atoms with Gasteiger partial charge >= 0.3 is 0 Å². The minimum absolute atomic E-state index is 0.112. The molecule has 126 valence electrons. The fourth-order valence-corrected chi connectivity index (χ4v) is 3.12. The van der Waals surface area contributed by atoms with Gasteiger partial charge in [-0.25, -0.2) is 0 Å². The lowest BCUT2D eigenvalue weighted by Gasteiger charge is -2.34. The molecule has 1 aromatic carbocycles. The molecule has 5 nitrogen and oxygen atoms in total. The summed E-state index contributed by atoms with van der Waals surface area (Å²) in [6, 6.07) is 8.28. The molecule has 0 saturated carbocycles. The third-order valence-corrected chi connectivity index (χ3v) is 4.50. The number of piperidine rings is 1. The molecule has 3 rings (SSSR count). The zero-order valence-electron chi connectivity index (χ0n) is 13.4. The average Bonchev–Trinajstić information content (AvgIpc) is 3.11. The summed E-state index contributed by atoms with van der Waals surface area (Å²) in [7, 11) is 0. The van der Waals surface area contributed by atoms with Gasteiger partial charge in [-0.15, -0.1) is 0 Å². The van der Waals surface area contributed by atoms with E-state index < -0.39 is 5.91 Å². The van der Waals surface area contributed by atoms with Gasteiger partial charge in [0.1, 0.15) is 0 Å². The van der Waals surface area contributed by atoms with Gasteiger partial charge in [-0.3, -0.25) is 9.59 Å². The van der Waals surface area contributed by atoms with Crippen LogP contribution in [0.2, 0.25) is 5.02 Å². The quantitative estimate of drug-likeness (QED) is 0.905. The highest BCUT2D eigenvalue weighted by Crippen LogP contribution is 2.26. The number of carbonyl (C=O) groups excluding carboxylic acids is 2. The largest absolute Gasteiger partial charge is 0.459 e. The maximum Gasteiger partial charge on any atom is 0.291 e. The van der Waals surface area contributed by atoms with E-state index in [-0.39, 0.29) is 17.7 Å². The van der Waals surface area contributed by atoms with Gasteiger partial charge in [0.05, 0.1) is 17.5 Å². The molecule has 0 aliphatic carbocycles. The summed E-state index contributed by atoms with van der Waals surface area (Å²) in [6.45, 7) is 2.76. The summed E-state index contributed by atoms with van der Waals surface area (Å²) < 4.78 is 5.09. The highest BCUT2D eigenvalue weighted by atomic mass is 35.5. The van der Waals surface area contributed by atoms with Crippen molar-refractivity contribution in [3.63, 3.8) is 0 Å². The highest BCUT2D eigenvalue weighted by Gasteiger charge is 2.26. The molecular formula is C18H19ClN2O3. The van der Waals surface area contributed by atoms with Gasteiger partial charge in [-0.1, -0.05) is 11.6 Å². The fraction of sp³-hybridized carbons (Fsp3) is 0.333. The Morgan fingerprint density at radius 1 is 1.29 bits per heavy atom. The minimum Gasteiger partial charge on any atom is -0.459 e. The van der Waals surface area contributed by atoms with Crippen LogP contribution >= 0.6 is 11.6 Å². The third kappa shape index (κ3) is 3.46. The monoisotopic (exact) mass is 346 g/mol. The number of anilines is 1. The standard InChI is InChI=1S/C18H19ClN2O3/c1-12-5-2-3-9-21(12)18(23)14-11-13(19)7-8-15(14)20-17(22)16-6-4-10-24-16/h4,6-8,10-12H,2-3,5,9H2,1H3,(H,20,22). The summed E-state index contributed by atoms with van der Waals surface area (Å²) >= 11 is 6.07. The first-order valence-electron chi connectivity index (χ1n) is 8.01. The van der Waals surface area contributed by atoms with Crippen LogP contribution in [0.5, 0.6) is 0 Å². The Balaban J connectivity index is 1.88. The van der Waals surface area contributed by atoms with E-state index in [1.807, 2.05) is 11.8 Å². The van der Waals surface area contributed by atoms with Crippen molar-refractivity contribution in [2.75, 3.05) is 11.9 Å². The number of furan rings is 1. The van der Waals surface area contributed by atoms with E-state index >= 15 is 0 Å². The second kappa shape index (κ2) is 7.09. The van der Waals surface area contributed by atoms with E-state index in [9.17, 15) is 9.59 Å². The van der Waals surface area contributed by atoms with Crippen LogP contribution in [-0.2, 0) is 0 Å². The van der Waals surface area contributed by atoms with E-state index in [0.717, 1.165) is 25.8 Å². The van der Waals surface area contributed by atoms with Crippen molar-refractivity contribution in [3.05, 3.63) is 52.9 Å². The van der Waals surface area contributed by atoms with Gasteiger partial charge in [-0.2, -0.15) is 0 Å². The number of halogens is 1. The van der Waals surface area contributed by atoms with Crippen molar-refractivity contribution >= 4 is 29.1 Å². The molecule has 1 saturated heterocycles. The molecule has 6 heteroatoms. The van der Waals surface area contributed by atoms with E-state index in [1.54, 1.807) is 30.3 Å². The van der Waals surface area contributed by atoms with Crippen LogP contribution in [0, 0.1) is 0 Å². The number of hydrogen-bond acceptors (Lipinski definition) is 3. The summed E-state index contributed by atoms with van der Waals surface area (Å²) in [6.07, 6.45) is 4.53. The van der Waals surface area contributed by atoms with Crippen LogP contribution in [0.15, 0.2) is 41.0 Å². The van der Waals surface area contributed by atoms with E-state index in [0.29, 0.717) is 16.3 Å². The lowest BCUT2D eigenvalue weighted by atomic mass is 10.0. The first-order valence-corrected chi connectivity index (χ1v) is 8.39. The van der Waals surface area contributed by atoms with Gasteiger partial charge in [0.25, 0.3) is 11.8 Å². The number of carbonyl (C=O) groups is 2. The van der Waals surface area contributed by atoms with Gasteiger partial charge in [0.2, 0.25) is 0 Å². The molecule has 1 aliphatic heterocycles. The van der Waals surface area contributed by atoms with E-state index in [1.165, 1.54) is 6.26 Å². The lowest BCUT2D eigenvalue weighted by Crippen LogP contribution is -2.42. The first-order chi connectivity index (χ1) is 11.6. The maximum atomic E-state index is 12.9. The molecule has 1 unspecified atom stereocenters. The zero-order chi connectivity index (χ0) is 17.1. The van der Waals surface area contributed by atoms with Crippen molar-refractivity contribution in [1.29, 1.82) is 0 Å². The Morgan fingerprint density at radius 2 is 2.12 bits per heavy atom. The van der Waals surface area contributed by atoms with Crippen LogP contribution in [0.4, 0.5) is 5.69 Å². The van der Waals surface area contributed by atoms with E-state index in [4.69, 9.17) is 16.0 Å². The third-order valence-electron chi connectivity index (χ3n) is 4.27. The SMILES string of the molecule is CC1CCCCN1C(=O)c1cc(Cl)ccc1NC(=O)c1ccco1. The molecule has 1 aliphatic rings. The van der Waals surface area contributed by atoms with Gasteiger partial charge in [0.15, 0.2) is 5.76 Å². The van der Waals surface area contributed by atoms with Crippen LogP contribution < -0.4 is 5.32 Å². The Labute approximate surface area is 145 Å². The minimum atomic E-state index is -0.400. The molecule has 2 amide bonds. The molecule has 24 heavy (non-hydrogen) atoms. The van der Waals surface area contributed by atoms with Gasteiger partial charge in [-0.05, 0) is 56.5 Å². The van der Waals surface area contributed by atoms with Crippen molar-refractivity contribution < 1.29 is 14.0 Å². The molecule has 2 aromatic rings. The topological polar surface area (TPSA) is 62.6 Å². The van der Waals surface area contributed by atoms with Crippen molar-refractivity contribution in [2.45, 2.75) is 32.2 Å². The Morgan fingerprint density at radius 3 is 2.83 bits per heavy atom. The average molecular weight is 347 g/mol. The molecule has 0 radical (unpaired) electrons. The zero-order valence-corrected chi connectivity index (χ0v) is 14.2. The molecule has 1 atom stereocenters. The number of amides is 2. The first kappa shape index (κ1) is 16.6. The van der Waals surface area contributed by atoms with Gasteiger partial charge in [0, 0.05) is 17.6 Å². The Bertz CT molecular complexity index is 743. The van der Waals surface area contributed by atoms with E-state index in [2.05, 4.69) is 5.32 Å². The summed E-state index contributed by atoms with van der Waals surface area (Å²) in [5.74, 6) is -0.322. The number of nitrogens with one attached hydrogen (secondary N) is 1. The number of likely N-dealkylation sites (tertiary alicyclic amines) is 1. The summed E-state index contributed by atoms with van der Waals surface area (Å²) in [5.41, 5.74) is 0.833. The van der Waals surface area contributed by atoms with Crippen molar-refractivity contribution in [3.8, 4) is 0 Å². The second-order valence-electron chi connectivity index (χ2n) is 5.96. The van der Waals surface area contributed by atoms with Crippen LogP contribution in [0.1, 0.15) is 47.1 Å². The smallest absolute Gasteiger partial charge is 0.291 e. The van der Waals surface area contributed by atoms with Crippen molar-refractivity contribution in [1.82, 2.24) is 4.90 Å². The normalized spacial score (nSPS) is 17.6. The summed E-state index contributed by atoms with van der Waals surface area (Å²) in [4.78, 5) is 27.0. The van der Waals surface area contributed by atoms with Crippen LogP contribution in [-0.4, -0.2) is 29.3 Å². The number of hydrogen-bond donors (Lipinski definition) is 1. The number of rotatable bonds is 3. The molecule has 1 fully saturated rings. The molecule has 1 N–H and O–H groups in total. The lowest BCUT2D eigenvalue weighted by molar-refractivity contribution is 0.0636. The number of nitrogens with zero attached hydrogens (tertiary/aromatic N) is 1. The molecule has 1 aromatic heterocycles. The predicted octanol–water partition coefficient (Wildman–Crippen LogP) is 4.20. The fourth-order valence-electron chi connectivity index (χ4n) is 2.95. The van der Waals surface area contributed by atoms with Crippen LogP contribution in [0.3, 0.4) is 0 Å². The summed E-state index contributed by atoms with van der Waals surface area (Å²) in [5, 5.41) is 3.19. The molecule has 0 bridgehead atoms. The second-order valence-corrected chi connectivity index (χ2v) is 6.40. The van der Waals surface area contributed by atoms with Gasteiger partial charge < -0.3 is 14.6 Å². The number of benzene rings is 1. The Kier molecular flexibility index (Phi) is 4.90. The molecule has 2 heterocycles. The van der Waals surface area contributed by atoms with Crippen molar-refractivity contribution in [2.24, 2.45) is 0 Å². The highest BCUT2D eigenvalue weighted by molar-refractivity contribution is 6.31.